The van der Waals surface area contributed by atoms with E-state index in [1.807, 2.05) is 20.8 Å². The lowest BCUT2D eigenvalue weighted by atomic mass is 9.77. The van der Waals surface area contributed by atoms with Crippen LogP contribution in [0.2, 0.25) is 0 Å². The normalized spacial score (nSPS) is 14.8. The van der Waals surface area contributed by atoms with Crippen LogP contribution in [0, 0.1) is 22.7 Å². The van der Waals surface area contributed by atoms with Crippen molar-refractivity contribution in [3.05, 3.63) is 0 Å². The van der Waals surface area contributed by atoms with E-state index in [2.05, 4.69) is 11.5 Å². The monoisotopic (exact) mass is 183 g/mol. The summed E-state index contributed by atoms with van der Waals surface area (Å²) >= 11 is 0. The Hall–Kier alpha value is -1.08. The summed E-state index contributed by atoms with van der Waals surface area (Å²) in [5.74, 6) is 4.96. The summed E-state index contributed by atoms with van der Waals surface area (Å²) in [6.45, 7) is 5.81. The molecule has 1 atom stereocenters. The highest BCUT2D eigenvalue weighted by Gasteiger charge is 2.28. The maximum Gasteiger partial charge on any atom is 0.233 e. The smallest absolute Gasteiger partial charge is 0.233 e. The standard InChI is InChI=1S/C9H17N3O/c1-7(2)9(3,6-10)5-4-8(13)12-11/h7H,4-5,11H2,1-3H3,(H,12,13). The molecular weight excluding hydrogens is 166 g/mol. The van der Waals surface area contributed by atoms with Crippen LogP contribution in [0.25, 0.3) is 0 Å². The van der Waals surface area contributed by atoms with Gasteiger partial charge in [0.05, 0.1) is 11.5 Å². The lowest BCUT2D eigenvalue weighted by Gasteiger charge is -2.25. The maximum absolute atomic E-state index is 10.9. The van der Waals surface area contributed by atoms with Gasteiger partial charge in [-0.15, -0.1) is 0 Å². The molecule has 1 amide bonds. The van der Waals surface area contributed by atoms with Gasteiger partial charge in [0.1, 0.15) is 0 Å². The van der Waals surface area contributed by atoms with Gasteiger partial charge in [0.15, 0.2) is 0 Å². The minimum Gasteiger partial charge on any atom is -0.294 e. The Kier molecular flexibility index (Phi) is 4.43. The Balaban J connectivity index is 4.16. The van der Waals surface area contributed by atoms with E-state index in [1.54, 1.807) is 0 Å². The first-order valence-corrected chi connectivity index (χ1v) is 4.37. The van der Waals surface area contributed by atoms with Gasteiger partial charge in [0.2, 0.25) is 5.91 Å². The lowest BCUT2D eigenvalue weighted by Crippen LogP contribution is -2.32. The van der Waals surface area contributed by atoms with E-state index < -0.39 is 5.41 Å². The van der Waals surface area contributed by atoms with Gasteiger partial charge in [0, 0.05) is 6.42 Å². The van der Waals surface area contributed by atoms with Gasteiger partial charge in [-0.05, 0) is 19.3 Å². The molecule has 0 saturated carbocycles. The minimum absolute atomic E-state index is 0.220. The number of hydrazine groups is 1. The van der Waals surface area contributed by atoms with Gasteiger partial charge in [-0.2, -0.15) is 5.26 Å². The zero-order chi connectivity index (χ0) is 10.5. The molecule has 0 aliphatic rings. The molecule has 0 aromatic carbocycles. The SMILES string of the molecule is CC(C)C(C)(C#N)CCC(=O)NN. The Morgan fingerprint density at radius 3 is 2.54 bits per heavy atom. The van der Waals surface area contributed by atoms with Gasteiger partial charge in [0.25, 0.3) is 0 Å². The van der Waals surface area contributed by atoms with Gasteiger partial charge in [-0.3, -0.25) is 10.2 Å². The summed E-state index contributed by atoms with van der Waals surface area (Å²) in [4.78, 5) is 10.9. The molecule has 0 fully saturated rings. The number of hydrogen-bond donors (Lipinski definition) is 2. The van der Waals surface area contributed by atoms with Crippen molar-refractivity contribution in [2.45, 2.75) is 33.6 Å². The van der Waals surface area contributed by atoms with Gasteiger partial charge >= 0.3 is 0 Å². The number of amides is 1. The molecule has 0 bridgehead atoms. The molecule has 0 aromatic heterocycles. The molecular formula is C9H17N3O. The molecule has 13 heavy (non-hydrogen) atoms. The second-order valence-corrected chi connectivity index (χ2v) is 3.75. The highest BCUT2D eigenvalue weighted by molar-refractivity contribution is 5.75. The van der Waals surface area contributed by atoms with Crippen LogP contribution >= 0.6 is 0 Å². The molecule has 0 aliphatic carbocycles. The summed E-state index contributed by atoms with van der Waals surface area (Å²) in [6.07, 6.45) is 0.850. The molecule has 4 nitrogen and oxygen atoms in total. The van der Waals surface area contributed by atoms with Crippen LogP contribution in [-0.2, 0) is 4.79 Å². The maximum atomic E-state index is 10.9. The second kappa shape index (κ2) is 4.83. The third-order valence-electron chi connectivity index (χ3n) is 2.56. The highest BCUT2D eigenvalue weighted by Crippen LogP contribution is 2.31. The van der Waals surface area contributed by atoms with E-state index >= 15 is 0 Å². The summed E-state index contributed by atoms with van der Waals surface area (Å²) in [7, 11) is 0. The lowest BCUT2D eigenvalue weighted by molar-refractivity contribution is -0.121. The van der Waals surface area contributed by atoms with Crippen LogP contribution in [0.1, 0.15) is 33.6 Å². The predicted octanol–water partition coefficient (Wildman–Crippen LogP) is 0.942. The van der Waals surface area contributed by atoms with E-state index in [0.717, 1.165) is 0 Å². The van der Waals surface area contributed by atoms with Crippen molar-refractivity contribution in [3.63, 3.8) is 0 Å². The summed E-state index contributed by atoms with van der Waals surface area (Å²) in [5, 5.41) is 8.93. The van der Waals surface area contributed by atoms with Crippen LogP contribution in [-0.4, -0.2) is 5.91 Å². The van der Waals surface area contributed by atoms with Crippen molar-refractivity contribution in [3.8, 4) is 6.07 Å². The zero-order valence-electron chi connectivity index (χ0n) is 8.42. The number of nitrogens with two attached hydrogens (primary N) is 1. The number of nitriles is 1. The molecule has 0 radical (unpaired) electrons. The van der Waals surface area contributed by atoms with E-state index in [4.69, 9.17) is 11.1 Å². The predicted molar refractivity (Wildman–Crippen MR) is 50.1 cm³/mol. The molecule has 0 saturated heterocycles. The summed E-state index contributed by atoms with van der Waals surface area (Å²) in [5.41, 5.74) is 1.61. The molecule has 0 heterocycles. The largest absolute Gasteiger partial charge is 0.294 e. The average molecular weight is 183 g/mol. The quantitative estimate of drug-likeness (QED) is 0.387. The molecule has 4 heteroatoms. The van der Waals surface area contributed by atoms with Crippen molar-refractivity contribution in [2.24, 2.45) is 17.2 Å². The van der Waals surface area contributed by atoms with E-state index in [9.17, 15) is 4.79 Å². The molecule has 1 unspecified atom stereocenters. The van der Waals surface area contributed by atoms with Gasteiger partial charge < -0.3 is 0 Å². The van der Waals surface area contributed by atoms with E-state index in [1.165, 1.54) is 0 Å². The minimum atomic E-state index is -0.438. The Morgan fingerprint density at radius 1 is 1.69 bits per heavy atom. The number of nitrogens with one attached hydrogen (secondary N) is 1. The number of rotatable bonds is 4. The molecule has 3 N–H and O–H groups in total. The van der Waals surface area contributed by atoms with Crippen LogP contribution in [0.4, 0.5) is 0 Å². The molecule has 0 aliphatic heterocycles. The van der Waals surface area contributed by atoms with Crippen molar-refractivity contribution >= 4 is 5.91 Å². The van der Waals surface area contributed by atoms with Crippen molar-refractivity contribution in [1.29, 1.82) is 5.26 Å². The first-order chi connectivity index (χ1) is 5.96. The van der Waals surface area contributed by atoms with E-state index in [-0.39, 0.29) is 11.8 Å². The van der Waals surface area contributed by atoms with Gasteiger partial charge in [-0.1, -0.05) is 13.8 Å². The molecule has 74 valence electrons. The topological polar surface area (TPSA) is 78.9 Å². The Morgan fingerprint density at radius 2 is 2.23 bits per heavy atom. The third kappa shape index (κ3) is 3.43. The van der Waals surface area contributed by atoms with Crippen LogP contribution in [0.5, 0.6) is 0 Å². The van der Waals surface area contributed by atoms with Crippen LogP contribution < -0.4 is 11.3 Å². The van der Waals surface area contributed by atoms with Crippen molar-refractivity contribution < 1.29 is 4.79 Å². The van der Waals surface area contributed by atoms with Crippen LogP contribution in [0.3, 0.4) is 0 Å². The first kappa shape index (κ1) is 11.9. The Bertz CT molecular complexity index is 219. The summed E-state index contributed by atoms with van der Waals surface area (Å²) in [6, 6.07) is 2.24. The molecule has 0 rings (SSSR count). The Labute approximate surface area is 79.1 Å². The first-order valence-electron chi connectivity index (χ1n) is 4.37. The second-order valence-electron chi connectivity index (χ2n) is 3.75. The number of carbonyl (C=O) groups excluding carboxylic acids is 1. The fraction of sp³-hybridized carbons (Fsp3) is 0.778. The van der Waals surface area contributed by atoms with Crippen molar-refractivity contribution in [1.82, 2.24) is 5.43 Å². The fourth-order valence-corrected chi connectivity index (χ4v) is 0.919. The van der Waals surface area contributed by atoms with E-state index in [0.29, 0.717) is 12.8 Å². The summed E-state index contributed by atoms with van der Waals surface area (Å²) < 4.78 is 0. The van der Waals surface area contributed by atoms with Crippen molar-refractivity contribution in [2.75, 3.05) is 0 Å². The number of hydrogen-bond acceptors (Lipinski definition) is 3. The fourth-order valence-electron chi connectivity index (χ4n) is 0.919. The number of carbonyl (C=O) groups is 1. The molecule has 0 aromatic rings. The highest BCUT2D eigenvalue weighted by atomic mass is 16.2. The number of nitrogens with zero attached hydrogens (tertiary/aromatic N) is 1. The van der Waals surface area contributed by atoms with Gasteiger partial charge in [-0.25, -0.2) is 5.84 Å². The molecule has 0 spiro atoms. The zero-order valence-corrected chi connectivity index (χ0v) is 8.42. The van der Waals surface area contributed by atoms with Crippen LogP contribution in [0.15, 0.2) is 0 Å². The third-order valence-corrected chi connectivity index (χ3v) is 2.56. The average Bonchev–Trinajstić information content (AvgIpc) is 2.13.